The summed E-state index contributed by atoms with van der Waals surface area (Å²) in [6.45, 7) is 0. The van der Waals surface area contributed by atoms with Crippen LogP contribution in [-0.2, 0) is 4.79 Å². The zero-order valence-corrected chi connectivity index (χ0v) is 9.05. The van der Waals surface area contributed by atoms with Crippen molar-refractivity contribution in [2.45, 2.75) is 38.5 Å². The fourth-order valence-electron chi connectivity index (χ4n) is 1.04. The molecule has 0 aliphatic rings. The topological polar surface area (TPSA) is 17.1 Å². The standard InChI is InChI=1S/C10H17BrO/c11-9-7-5-3-1-2-4-6-8-10-12/h6,8,10H,1-5,7,9H2/b8-6+. The van der Waals surface area contributed by atoms with E-state index >= 15 is 0 Å². The molecule has 0 aliphatic heterocycles. The second-order valence-electron chi connectivity index (χ2n) is 2.81. The summed E-state index contributed by atoms with van der Waals surface area (Å²) in [6.07, 6.45) is 11.8. The minimum atomic E-state index is 0.838. The van der Waals surface area contributed by atoms with E-state index in [2.05, 4.69) is 15.9 Å². The van der Waals surface area contributed by atoms with Gasteiger partial charge in [-0.1, -0.05) is 41.3 Å². The summed E-state index contributed by atoms with van der Waals surface area (Å²) in [7, 11) is 0. The molecule has 0 radical (unpaired) electrons. The van der Waals surface area contributed by atoms with Crippen LogP contribution in [0.1, 0.15) is 38.5 Å². The number of carbonyl (C=O) groups is 1. The molecule has 2 heteroatoms. The van der Waals surface area contributed by atoms with Gasteiger partial charge in [0.1, 0.15) is 6.29 Å². The van der Waals surface area contributed by atoms with Gasteiger partial charge in [0.25, 0.3) is 0 Å². The highest BCUT2D eigenvalue weighted by molar-refractivity contribution is 9.09. The third-order valence-electron chi connectivity index (χ3n) is 1.72. The maximum Gasteiger partial charge on any atom is 0.142 e. The van der Waals surface area contributed by atoms with E-state index in [1.54, 1.807) is 6.08 Å². The number of hydrogen-bond donors (Lipinski definition) is 0. The fraction of sp³-hybridized carbons (Fsp3) is 0.700. The Bertz CT molecular complexity index is 121. The molecule has 0 atom stereocenters. The molecule has 0 unspecified atom stereocenters. The van der Waals surface area contributed by atoms with Gasteiger partial charge in [0.2, 0.25) is 0 Å². The zero-order chi connectivity index (χ0) is 9.07. The third-order valence-corrected chi connectivity index (χ3v) is 2.28. The minimum Gasteiger partial charge on any atom is -0.299 e. The number of hydrogen-bond acceptors (Lipinski definition) is 1. The zero-order valence-electron chi connectivity index (χ0n) is 7.47. The lowest BCUT2D eigenvalue weighted by Crippen LogP contribution is -1.79. The van der Waals surface area contributed by atoms with E-state index in [0.29, 0.717) is 0 Å². The normalized spacial score (nSPS) is 10.8. The molecule has 0 saturated carbocycles. The Balaban J connectivity index is 2.90. The van der Waals surface area contributed by atoms with Crippen LogP contribution in [0.15, 0.2) is 12.2 Å². The van der Waals surface area contributed by atoms with Gasteiger partial charge < -0.3 is 0 Å². The molecule has 0 aromatic carbocycles. The molecule has 0 amide bonds. The van der Waals surface area contributed by atoms with Crippen LogP contribution >= 0.6 is 15.9 Å². The van der Waals surface area contributed by atoms with E-state index < -0.39 is 0 Å². The van der Waals surface area contributed by atoms with Crippen molar-refractivity contribution < 1.29 is 4.79 Å². The number of allylic oxidation sites excluding steroid dienone is 2. The monoisotopic (exact) mass is 232 g/mol. The molecule has 1 nitrogen and oxygen atoms in total. The summed E-state index contributed by atoms with van der Waals surface area (Å²) in [6, 6.07) is 0. The van der Waals surface area contributed by atoms with Gasteiger partial charge in [-0.25, -0.2) is 0 Å². The predicted octanol–water partition coefficient (Wildman–Crippen LogP) is 3.48. The highest BCUT2D eigenvalue weighted by Crippen LogP contribution is 2.06. The summed E-state index contributed by atoms with van der Waals surface area (Å²) in [4.78, 5) is 9.89. The van der Waals surface area contributed by atoms with Crippen LogP contribution in [0.25, 0.3) is 0 Å². The molecule has 0 aromatic rings. The lowest BCUT2D eigenvalue weighted by Gasteiger charge is -1.96. The van der Waals surface area contributed by atoms with Gasteiger partial charge in [-0.2, -0.15) is 0 Å². The lowest BCUT2D eigenvalue weighted by atomic mass is 10.1. The number of rotatable bonds is 8. The van der Waals surface area contributed by atoms with E-state index in [-0.39, 0.29) is 0 Å². The summed E-state index contributed by atoms with van der Waals surface area (Å²) in [5.74, 6) is 0. The maximum atomic E-state index is 9.89. The van der Waals surface area contributed by atoms with Gasteiger partial charge in [0, 0.05) is 5.33 Å². The van der Waals surface area contributed by atoms with Crippen LogP contribution in [0, 0.1) is 0 Å². The number of aldehydes is 1. The second-order valence-corrected chi connectivity index (χ2v) is 3.60. The molecule has 0 fully saturated rings. The Labute approximate surface area is 83.4 Å². The minimum absolute atomic E-state index is 0.838. The Morgan fingerprint density at radius 1 is 1.00 bits per heavy atom. The second kappa shape index (κ2) is 10.9. The van der Waals surface area contributed by atoms with Gasteiger partial charge in [0.05, 0.1) is 0 Å². The van der Waals surface area contributed by atoms with E-state index in [1.165, 1.54) is 32.1 Å². The van der Waals surface area contributed by atoms with Crippen LogP contribution in [0.5, 0.6) is 0 Å². The van der Waals surface area contributed by atoms with Crippen molar-refractivity contribution in [1.82, 2.24) is 0 Å². The summed E-state index contributed by atoms with van der Waals surface area (Å²) in [5, 5.41) is 1.12. The van der Waals surface area contributed by atoms with Crippen molar-refractivity contribution in [2.75, 3.05) is 5.33 Å². The molecule has 0 bridgehead atoms. The average molecular weight is 233 g/mol. The Morgan fingerprint density at radius 3 is 2.33 bits per heavy atom. The molecule has 0 aromatic heterocycles. The largest absolute Gasteiger partial charge is 0.299 e. The third kappa shape index (κ3) is 9.89. The van der Waals surface area contributed by atoms with E-state index in [4.69, 9.17) is 0 Å². The average Bonchev–Trinajstić information content (AvgIpc) is 2.10. The SMILES string of the molecule is O=C/C=C/CCCCCCCBr. The van der Waals surface area contributed by atoms with E-state index in [1.807, 2.05) is 6.08 Å². The number of halogens is 1. The van der Waals surface area contributed by atoms with Gasteiger partial charge in [0.15, 0.2) is 0 Å². The van der Waals surface area contributed by atoms with Crippen LogP contribution < -0.4 is 0 Å². The Hall–Kier alpha value is -0.110. The molecule has 70 valence electrons. The molecule has 12 heavy (non-hydrogen) atoms. The first-order valence-electron chi connectivity index (χ1n) is 4.58. The molecule has 0 aliphatic carbocycles. The molecule has 0 saturated heterocycles. The van der Waals surface area contributed by atoms with Crippen molar-refractivity contribution in [2.24, 2.45) is 0 Å². The Morgan fingerprint density at radius 2 is 1.67 bits per heavy atom. The van der Waals surface area contributed by atoms with Crippen molar-refractivity contribution in [1.29, 1.82) is 0 Å². The highest BCUT2D eigenvalue weighted by atomic mass is 79.9. The van der Waals surface area contributed by atoms with Crippen LogP contribution in [0.2, 0.25) is 0 Å². The Kier molecular flexibility index (Phi) is 10.8. The summed E-state index contributed by atoms with van der Waals surface area (Å²) >= 11 is 3.40. The van der Waals surface area contributed by atoms with Crippen molar-refractivity contribution in [3.63, 3.8) is 0 Å². The van der Waals surface area contributed by atoms with E-state index in [0.717, 1.165) is 18.0 Å². The fourth-order valence-corrected chi connectivity index (χ4v) is 1.44. The molecule has 0 heterocycles. The molecule has 0 rings (SSSR count). The predicted molar refractivity (Wildman–Crippen MR) is 56.7 cm³/mol. The van der Waals surface area contributed by atoms with Gasteiger partial charge in [-0.15, -0.1) is 0 Å². The van der Waals surface area contributed by atoms with Gasteiger partial charge >= 0.3 is 0 Å². The van der Waals surface area contributed by atoms with Crippen molar-refractivity contribution in [3.05, 3.63) is 12.2 Å². The quantitative estimate of drug-likeness (QED) is 0.271. The van der Waals surface area contributed by atoms with Crippen molar-refractivity contribution >= 4 is 22.2 Å². The molecular weight excluding hydrogens is 216 g/mol. The van der Waals surface area contributed by atoms with Crippen LogP contribution in [0.4, 0.5) is 0 Å². The summed E-state index contributed by atoms with van der Waals surface area (Å²) < 4.78 is 0. The first kappa shape index (κ1) is 11.9. The smallest absolute Gasteiger partial charge is 0.142 e. The number of carbonyl (C=O) groups excluding carboxylic acids is 1. The number of alkyl halides is 1. The first-order chi connectivity index (χ1) is 5.91. The van der Waals surface area contributed by atoms with Crippen molar-refractivity contribution in [3.8, 4) is 0 Å². The molecular formula is C10H17BrO. The maximum absolute atomic E-state index is 9.89. The van der Waals surface area contributed by atoms with Crippen LogP contribution in [0.3, 0.4) is 0 Å². The van der Waals surface area contributed by atoms with Gasteiger partial charge in [-0.3, -0.25) is 4.79 Å². The molecule has 0 N–H and O–H groups in total. The summed E-state index contributed by atoms with van der Waals surface area (Å²) in [5.41, 5.74) is 0. The first-order valence-corrected chi connectivity index (χ1v) is 5.70. The van der Waals surface area contributed by atoms with E-state index in [9.17, 15) is 4.79 Å². The van der Waals surface area contributed by atoms with Crippen LogP contribution in [-0.4, -0.2) is 11.6 Å². The lowest BCUT2D eigenvalue weighted by molar-refractivity contribution is -0.104. The van der Waals surface area contributed by atoms with Gasteiger partial charge in [-0.05, 0) is 25.3 Å². The number of unbranched alkanes of at least 4 members (excludes halogenated alkanes) is 5. The highest BCUT2D eigenvalue weighted by Gasteiger charge is 1.87. The molecule has 0 spiro atoms.